The topological polar surface area (TPSA) is 81.4 Å². The average Bonchev–Trinajstić information content (AvgIpc) is 2.77. The molecule has 6 nitrogen and oxygen atoms in total. The van der Waals surface area contributed by atoms with Crippen molar-refractivity contribution in [3.8, 4) is 28.3 Å². The Morgan fingerprint density at radius 2 is 1.78 bits per heavy atom. The lowest BCUT2D eigenvalue weighted by atomic mass is 10.1. The van der Waals surface area contributed by atoms with Crippen molar-refractivity contribution in [3.63, 3.8) is 0 Å². The standard InChI is InChI=1S/C23H16BrFN2O4S/c24-17-2-1-3-19(12-17)27-23(28)22(31-20-10-8-18(25)9-11-20)21(13-26-27)16-6-4-15(5-7-16)14-32(29)30/h1-13H,14H2,(H,29,30). The summed E-state index contributed by atoms with van der Waals surface area (Å²) >= 11 is 1.43. The van der Waals surface area contributed by atoms with Gasteiger partial charge in [-0.2, -0.15) is 9.78 Å². The minimum atomic E-state index is -1.96. The number of halogens is 2. The summed E-state index contributed by atoms with van der Waals surface area (Å²) < 4.78 is 41.4. The van der Waals surface area contributed by atoms with E-state index >= 15 is 0 Å². The zero-order chi connectivity index (χ0) is 22.7. The van der Waals surface area contributed by atoms with Gasteiger partial charge in [-0.1, -0.05) is 46.3 Å². The number of aromatic nitrogens is 2. The summed E-state index contributed by atoms with van der Waals surface area (Å²) in [7, 11) is 0. The van der Waals surface area contributed by atoms with Gasteiger partial charge in [-0.25, -0.2) is 8.60 Å². The van der Waals surface area contributed by atoms with Gasteiger partial charge >= 0.3 is 5.56 Å². The summed E-state index contributed by atoms with van der Waals surface area (Å²) in [4.78, 5) is 13.4. The fourth-order valence-corrected chi connectivity index (χ4v) is 3.94. The molecule has 9 heteroatoms. The zero-order valence-corrected chi connectivity index (χ0v) is 18.8. The molecule has 1 heterocycles. The highest BCUT2D eigenvalue weighted by Crippen LogP contribution is 2.31. The largest absolute Gasteiger partial charge is 0.451 e. The van der Waals surface area contributed by atoms with Crippen LogP contribution in [0.3, 0.4) is 0 Å². The Bertz CT molecular complexity index is 1340. The van der Waals surface area contributed by atoms with Gasteiger partial charge in [-0.15, -0.1) is 0 Å². The molecule has 0 fully saturated rings. The van der Waals surface area contributed by atoms with Crippen LogP contribution in [0, 0.1) is 5.82 Å². The number of nitrogens with zero attached hydrogens (tertiary/aromatic N) is 2. The number of hydrogen-bond donors (Lipinski definition) is 1. The van der Waals surface area contributed by atoms with Crippen molar-refractivity contribution < 1.29 is 17.9 Å². The second kappa shape index (κ2) is 9.56. The first-order valence-corrected chi connectivity index (χ1v) is 11.5. The van der Waals surface area contributed by atoms with Crippen molar-refractivity contribution in [2.45, 2.75) is 5.75 Å². The van der Waals surface area contributed by atoms with E-state index < -0.39 is 22.5 Å². The van der Waals surface area contributed by atoms with Crippen LogP contribution >= 0.6 is 15.9 Å². The van der Waals surface area contributed by atoms with E-state index in [1.54, 1.807) is 42.5 Å². The maximum atomic E-state index is 13.4. The van der Waals surface area contributed by atoms with E-state index in [0.717, 1.165) is 4.47 Å². The maximum Gasteiger partial charge on any atom is 0.315 e. The molecule has 0 bridgehead atoms. The fourth-order valence-electron chi connectivity index (χ4n) is 3.08. The molecule has 1 N–H and O–H groups in total. The Morgan fingerprint density at radius 1 is 1.06 bits per heavy atom. The Kier molecular flexibility index (Phi) is 6.59. The molecule has 1 aromatic heterocycles. The molecule has 32 heavy (non-hydrogen) atoms. The second-order valence-corrected chi connectivity index (χ2v) is 8.65. The predicted octanol–water partition coefficient (Wildman–Crippen LogP) is 5.32. The van der Waals surface area contributed by atoms with Crippen molar-refractivity contribution in [2.75, 3.05) is 0 Å². The number of ether oxygens (including phenoxy) is 1. The van der Waals surface area contributed by atoms with E-state index in [-0.39, 0.29) is 11.5 Å². The lowest BCUT2D eigenvalue weighted by Gasteiger charge is -2.14. The summed E-state index contributed by atoms with van der Waals surface area (Å²) in [6.07, 6.45) is 1.51. The van der Waals surface area contributed by atoms with Gasteiger partial charge in [-0.3, -0.25) is 4.79 Å². The molecule has 0 radical (unpaired) electrons. The molecular weight excluding hydrogens is 499 g/mol. The van der Waals surface area contributed by atoms with Crippen LogP contribution in [-0.2, 0) is 16.8 Å². The lowest BCUT2D eigenvalue weighted by molar-refractivity contribution is 0.468. The van der Waals surface area contributed by atoms with Gasteiger partial charge in [0.15, 0.2) is 11.1 Å². The molecule has 162 valence electrons. The predicted molar refractivity (Wildman–Crippen MR) is 124 cm³/mol. The van der Waals surface area contributed by atoms with Crippen molar-refractivity contribution in [1.82, 2.24) is 9.78 Å². The lowest BCUT2D eigenvalue weighted by Crippen LogP contribution is -2.22. The van der Waals surface area contributed by atoms with Crippen LogP contribution in [0.5, 0.6) is 11.5 Å². The highest BCUT2D eigenvalue weighted by Gasteiger charge is 2.17. The highest BCUT2D eigenvalue weighted by atomic mass is 79.9. The van der Waals surface area contributed by atoms with Gasteiger partial charge in [0.1, 0.15) is 11.6 Å². The molecule has 4 rings (SSSR count). The summed E-state index contributed by atoms with van der Waals surface area (Å²) in [6, 6.07) is 19.3. The summed E-state index contributed by atoms with van der Waals surface area (Å²) in [5.41, 5.74) is 1.79. The summed E-state index contributed by atoms with van der Waals surface area (Å²) in [5.74, 6) is -0.105. The van der Waals surface area contributed by atoms with Crippen LogP contribution in [0.25, 0.3) is 16.8 Å². The van der Waals surface area contributed by atoms with E-state index in [1.807, 2.05) is 6.07 Å². The van der Waals surface area contributed by atoms with E-state index in [9.17, 15) is 13.4 Å². The van der Waals surface area contributed by atoms with Gasteiger partial charge in [-0.05, 0) is 53.6 Å². The molecule has 0 aliphatic heterocycles. The molecule has 0 aliphatic rings. The van der Waals surface area contributed by atoms with Crippen molar-refractivity contribution in [2.24, 2.45) is 0 Å². The highest BCUT2D eigenvalue weighted by molar-refractivity contribution is 9.10. The van der Waals surface area contributed by atoms with E-state index in [1.165, 1.54) is 35.1 Å². The smallest absolute Gasteiger partial charge is 0.315 e. The molecular formula is C23H16BrFN2O4S. The zero-order valence-electron chi connectivity index (χ0n) is 16.4. The third kappa shape index (κ3) is 5.01. The number of benzene rings is 3. The SMILES string of the molecule is O=c1c(Oc2ccc(F)cc2)c(-c2ccc(CS(=O)O)cc2)cnn1-c1cccc(Br)c1. The first kappa shape index (κ1) is 22.1. The van der Waals surface area contributed by atoms with Gasteiger partial charge in [0, 0.05) is 4.47 Å². The monoisotopic (exact) mass is 514 g/mol. The van der Waals surface area contributed by atoms with Crippen molar-refractivity contribution in [3.05, 3.63) is 105 Å². The third-order valence-corrected chi connectivity index (χ3v) is 5.65. The molecule has 0 aliphatic carbocycles. The third-order valence-electron chi connectivity index (χ3n) is 4.57. The van der Waals surface area contributed by atoms with Crippen LogP contribution in [0.2, 0.25) is 0 Å². The van der Waals surface area contributed by atoms with Crippen LogP contribution < -0.4 is 10.3 Å². The number of rotatable bonds is 6. The van der Waals surface area contributed by atoms with Gasteiger partial charge in [0.2, 0.25) is 5.75 Å². The summed E-state index contributed by atoms with van der Waals surface area (Å²) in [6.45, 7) is 0. The quantitative estimate of drug-likeness (QED) is 0.352. The van der Waals surface area contributed by atoms with Crippen LogP contribution in [0.15, 0.2) is 88.3 Å². The number of hydrogen-bond acceptors (Lipinski definition) is 4. The van der Waals surface area contributed by atoms with Crippen LogP contribution in [0.4, 0.5) is 4.39 Å². The first-order valence-electron chi connectivity index (χ1n) is 9.39. The van der Waals surface area contributed by atoms with Crippen LogP contribution in [-0.4, -0.2) is 18.5 Å². The van der Waals surface area contributed by atoms with Gasteiger partial charge in [0.25, 0.3) is 0 Å². The Balaban J connectivity index is 1.83. The molecule has 4 aromatic rings. The maximum absolute atomic E-state index is 13.4. The molecule has 0 spiro atoms. The first-order chi connectivity index (χ1) is 15.4. The normalized spacial score (nSPS) is 11.8. The fraction of sp³-hybridized carbons (Fsp3) is 0.0435. The summed E-state index contributed by atoms with van der Waals surface area (Å²) in [5, 5.41) is 4.31. The Morgan fingerprint density at radius 3 is 2.44 bits per heavy atom. The average molecular weight is 515 g/mol. The molecule has 0 saturated heterocycles. The van der Waals surface area contributed by atoms with Crippen LogP contribution in [0.1, 0.15) is 5.56 Å². The molecule has 1 unspecified atom stereocenters. The van der Waals surface area contributed by atoms with E-state index in [2.05, 4.69) is 21.0 Å². The van der Waals surface area contributed by atoms with E-state index in [0.29, 0.717) is 28.1 Å². The second-order valence-electron chi connectivity index (χ2n) is 6.80. The van der Waals surface area contributed by atoms with Gasteiger partial charge < -0.3 is 9.29 Å². The minimum Gasteiger partial charge on any atom is -0.451 e. The Hall–Kier alpha value is -3.14. The molecule has 0 amide bonds. The van der Waals surface area contributed by atoms with E-state index in [4.69, 9.17) is 9.29 Å². The molecule has 3 aromatic carbocycles. The Labute approximate surface area is 193 Å². The minimum absolute atomic E-state index is 0.00193. The van der Waals surface area contributed by atoms with Crippen molar-refractivity contribution >= 4 is 27.0 Å². The molecule has 1 atom stereocenters. The van der Waals surface area contributed by atoms with Gasteiger partial charge in [0.05, 0.1) is 23.2 Å². The van der Waals surface area contributed by atoms with Crippen molar-refractivity contribution in [1.29, 1.82) is 0 Å². The molecule has 0 saturated carbocycles.